The van der Waals surface area contributed by atoms with Crippen molar-refractivity contribution in [2.24, 2.45) is 5.41 Å². The van der Waals surface area contributed by atoms with Crippen LogP contribution in [0.15, 0.2) is 77.8 Å². The van der Waals surface area contributed by atoms with Crippen molar-refractivity contribution < 1.29 is 22.7 Å². The van der Waals surface area contributed by atoms with E-state index in [-0.39, 0.29) is 27.4 Å². The smallest absolute Gasteiger partial charge is 0.268 e. The third-order valence-electron chi connectivity index (χ3n) is 7.89. The van der Waals surface area contributed by atoms with E-state index in [0.717, 1.165) is 26.4 Å². The number of H-pyrrole nitrogens is 1. The van der Waals surface area contributed by atoms with Crippen LogP contribution in [-0.4, -0.2) is 57.7 Å². The quantitative estimate of drug-likeness (QED) is 0.234. The van der Waals surface area contributed by atoms with Crippen LogP contribution in [0.3, 0.4) is 0 Å². The summed E-state index contributed by atoms with van der Waals surface area (Å²) in [7, 11) is -4.22. The Morgan fingerprint density at radius 2 is 1.84 bits per heavy atom. The zero-order valence-electron chi connectivity index (χ0n) is 24.4. The van der Waals surface area contributed by atoms with Crippen LogP contribution in [-0.2, 0) is 14.8 Å². The van der Waals surface area contributed by atoms with Crippen molar-refractivity contribution in [1.29, 1.82) is 0 Å². The molecule has 0 atom stereocenters. The first-order chi connectivity index (χ1) is 21.0. The minimum atomic E-state index is -4.22. The van der Waals surface area contributed by atoms with Gasteiger partial charge in [-0.25, -0.2) is 22.1 Å². The van der Waals surface area contributed by atoms with Gasteiger partial charge in [0, 0.05) is 16.9 Å². The van der Waals surface area contributed by atoms with Gasteiger partial charge in [0.15, 0.2) is 0 Å². The Kier molecular flexibility index (Phi) is 6.38. The fourth-order valence-corrected chi connectivity index (χ4v) is 6.90. The first-order valence-electron chi connectivity index (χ1n) is 14.1. The van der Waals surface area contributed by atoms with E-state index in [0.29, 0.717) is 42.2 Å². The number of nitrogens with one attached hydrogen (secondary N) is 1. The number of anilines is 1. The van der Waals surface area contributed by atoms with Gasteiger partial charge in [0.05, 0.1) is 58.7 Å². The van der Waals surface area contributed by atoms with Gasteiger partial charge in [-0.15, -0.1) is 0 Å². The molecule has 0 aliphatic carbocycles. The third kappa shape index (κ3) is 4.63. The highest BCUT2D eigenvalue weighted by atomic mass is 32.2. The summed E-state index contributed by atoms with van der Waals surface area (Å²) in [5.41, 5.74) is 9.80. The minimum Gasteiger partial charge on any atom is -0.493 e. The van der Waals surface area contributed by atoms with Crippen LogP contribution in [0.1, 0.15) is 34.4 Å². The van der Waals surface area contributed by atoms with E-state index in [1.54, 1.807) is 36.4 Å². The second-order valence-electron chi connectivity index (χ2n) is 11.6. The van der Waals surface area contributed by atoms with E-state index in [9.17, 15) is 13.2 Å². The standard InChI is InChI=1S/C32H30N6O5S/c1-19-4-9-24(10-5-19)44(40,41)38-28-14-23(43-18-32(3)16-42-17-32)8-6-21(28)12-29(38)30(39)25-15-34-37(31(25)33)22-7-11-26-27(13-22)36-20(2)35-26/h4-15H,16-18,33H2,1-3H3,(H,35,36). The lowest BCUT2D eigenvalue weighted by atomic mass is 9.90. The molecule has 0 unspecified atom stereocenters. The molecule has 0 saturated carbocycles. The molecule has 224 valence electrons. The molecule has 6 aromatic rings. The molecule has 12 heteroatoms. The number of carbonyl (C=O) groups excluding carboxylic acids is 1. The molecule has 7 rings (SSSR count). The minimum absolute atomic E-state index is 0.0476. The number of fused-ring (bicyclic) bond motifs is 2. The average molecular weight is 611 g/mol. The monoisotopic (exact) mass is 610 g/mol. The number of ether oxygens (including phenoxy) is 2. The van der Waals surface area contributed by atoms with Gasteiger partial charge in [0.25, 0.3) is 10.0 Å². The van der Waals surface area contributed by atoms with Crippen molar-refractivity contribution in [1.82, 2.24) is 23.7 Å². The number of aromatic amines is 1. The lowest BCUT2D eigenvalue weighted by Gasteiger charge is -2.37. The molecule has 3 N–H and O–H groups in total. The molecule has 0 spiro atoms. The molecule has 0 bridgehead atoms. The predicted octanol–water partition coefficient (Wildman–Crippen LogP) is 4.79. The maximum absolute atomic E-state index is 14.2. The summed E-state index contributed by atoms with van der Waals surface area (Å²) in [5, 5.41) is 4.93. The molecule has 11 nitrogen and oxygen atoms in total. The Morgan fingerprint density at radius 1 is 1.07 bits per heavy atom. The van der Waals surface area contributed by atoms with Gasteiger partial charge in [0.1, 0.15) is 23.1 Å². The average Bonchev–Trinajstić information content (AvgIpc) is 3.68. The van der Waals surface area contributed by atoms with Crippen molar-refractivity contribution >= 4 is 43.6 Å². The number of nitrogen functional groups attached to an aromatic ring is 1. The number of benzene rings is 3. The maximum Gasteiger partial charge on any atom is 0.268 e. The number of hydrogen-bond acceptors (Lipinski definition) is 8. The second-order valence-corrected chi connectivity index (χ2v) is 13.4. The van der Waals surface area contributed by atoms with Crippen LogP contribution < -0.4 is 10.5 Å². The van der Waals surface area contributed by atoms with E-state index in [2.05, 4.69) is 22.0 Å². The van der Waals surface area contributed by atoms with Crippen LogP contribution in [0.2, 0.25) is 0 Å². The van der Waals surface area contributed by atoms with Gasteiger partial charge in [-0.2, -0.15) is 5.10 Å². The Balaban J connectivity index is 1.34. The van der Waals surface area contributed by atoms with E-state index in [1.165, 1.54) is 23.0 Å². The SMILES string of the molecule is Cc1ccc(S(=O)(=O)n2c(C(=O)c3cnn(-c4ccc5[nH]c(C)nc5c4)c3N)cc3ccc(OCC4(C)COC4)cc32)cc1. The molecule has 0 radical (unpaired) electrons. The number of hydrogen-bond donors (Lipinski definition) is 2. The highest BCUT2D eigenvalue weighted by Crippen LogP contribution is 2.33. The third-order valence-corrected chi connectivity index (χ3v) is 9.63. The summed E-state index contributed by atoms with van der Waals surface area (Å²) >= 11 is 0. The van der Waals surface area contributed by atoms with Crippen molar-refractivity contribution in [3.63, 3.8) is 0 Å². The Labute approximate surface area is 253 Å². The molecule has 1 aliphatic heterocycles. The van der Waals surface area contributed by atoms with Crippen molar-refractivity contribution in [2.75, 3.05) is 25.6 Å². The highest BCUT2D eigenvalue weighted by molar-refractivity contribution is 7.90. The molecule has 1 saturated heterocycles. The summed E-state index contributed by atoms with van der Waals surface area (Å²) in [6.07, 6.45) is 1.36. The molecular formula is C32H30N6O5S. The Morgan fingerprint density at radius 3 is 2.57 bits per heavy atom. The molecule has 3 aromatic carbocycles. The number of imidazole rings is 1. The van der Waals surface area contributed by atoms with Gasteiger partial charge >= 0.3 is 0 Å². The number of nitrogens with zero attached hydrogens (tertiary/aromatic N) is 4. The van der Waals surface area contributed by atoms with E-state index in [1.807, 2.05) is 32.0 Å². The predicted molar refractivity (Wildman–Crippen MR) is 166 cm³/mol. The molecule has 1 fully saturated rings. The van der Waals surface area contributed by atoms with E-state index in [4.69, 9.17) is 15.2 Å². The van der Waals surface area contributed by atoms with Gasteiger partial charge in [-0.3, -0.25) is 4.79 Å². The van der Waals surface area contributed by atoms with Crippen LogP contribution >= 0.6 is 0 Å². The number of ketones is 1. The second kappa shape index (κ2) is 10.1. The van der Waals surface area contributed by atoms with Crippen LogP contribution in [0.4, 0.5) is 5.82 Å². The van der Waals surface area contributed by atoms with Gasteiger partial charge in [0.2, 0.25) is 5.78 Å². The summed E-state index contributed by atoms with van der Waals surface area (Å²) in [4.78, 5) is 21.8. The highest BCUT2D eigenvalue weighted by Gasteiger charge is 2.34. The van der Waals surface area contributed by atoms with Crippen LogP contribution in [0, 0.1) is 19.3 Å². The summed E-state index contributed by atoms with van der Waals surface area (Å²) in [6.45, 7) is 7.40. The van der Waals surface area contributed by atoms with Crippen molar-refractivity contribution in [3.05, 3.63) is 95.6 Å². The van der Waals surface area contributed by atoms with E-state index < -0.39 is 15.8 Å². The van der Waals surface area contributed by atoms with Gasteiger partial charge in [-0.05, 0) is 62.4 Å². The Hall–Kier alpha value is -4.94. The summed E-state index contributed by atoms with van der Waals surface area (Å²) < 4.78 is 42.3. The molecule has 4 heterocycles. The lowest BCUT2D eigenvalue weighted by Crippen LogP contribution is -2.44. The van der Waals surface area contributed by atoms with Crippen LogP contribution in [0.25, 0.3) is 27.6 Å². The van der Waals surface area contributed by atoms with E-state index >= 15 is 0 Å². The topological polar surface area (TPSA) is 147 Å². The normalized spacial score (nSPS) is 14.6. The maximum atomic E-state index is 14.2. The molecule has 44 heavy (non-hydrogen) atoms. The number of rotatable bonds is 8. The Bertz CT molecular complexity index is 2190. The number of aromatic nitrogens is 5. The summed E-state index contributed by atoms with van der Waals surface area (Å²) in [6, 6.07) is 18.7. The first-order valence-corrected chi connectivity index (χ1v) is 15.5. The number of aryl methyl sites for hydroxylation is 2. The van der Waals surface area contributed by atoms with Gasteiger partial charge < -0.3 is 20.2 Å². The largest absolute Gasteiger partial charge is 0.493 e. The fourth-order valence-electron chi connectivity index (χ4n) is 5.40. The lowest BCUT2D eigenvalue weighted by molar-refractivity contribution is -0.120. The molecule has 3 aromatic heterocycles. The zero-order valence-corrected chi connectivity index (χ0v) is 25.2. The summed E-state index contributed by atoms with van der Waals surface area (Å²) in [5.74, 6) is 0.744. The zero-order chi connectivity index (χ0) is 30.8. The fraction of sp³-hybridized carbons (Fsp3) is 0.219. The van der Waals surface area contributed by atoms with Crippen molar-refractivity contribution in [3.8, 4) is 11.4 Å². The van der Waals surface area contributed by atoms with Crippen LogP contribution in [0.5, 0.6) is 5.75 Å². The first kappa shape index (κ1) is 27.9. The molecule has 1 aliphatic rings. The van der Waals surface area contributed by atoms with Crippen molar-refractivity contribution in [2.45, 2.75) is 25.7 Å². The van der Waals surface area contributed by atoms with Gasteiger partial charge in [-0.1, -0.05) is 24.6 Å². The molecular weight excluding hydrogens is 580 g/mol. The number of nitrogens with two attached hydrogens (primary N) is 1. The number of carbonyl (C=O) groups is 1. The molecule has 0 amide bonds.